The summed E-state index contributed by atoms with van der Waals surface area (Å²) in [6, 6.07) is 16.7. The molecule has 22 heteroatoms. The Bertz CT molecular complexity index is 3210. The molecule has 0 spiro atoms. The topological polar surface area (TPSA) is 273 Å². The number of anilines is 6. The second kappa shape index (κ2) is 23.3. The zero-order chi connectivity index (χ0) is 54.5. The predicted molar refractivity (Wildman–Crippen MR) is 292 cm³/mol. The zero-order valence-electron chi connectivity index (χ0n) is 42.8. The average molecular weight is 1090 g/mol. The number of fused-ring (bicyclic) bond motifs is 2. The van der Waals surface area contributed by atoms with Crippen molar-refractivity contribution in [3.8, 4) is 0 Å². The van der Waals surface area contributed by atoms with Crippen molar-refractivity contribution < 1.29 is 47.1 Å². The number of ether oxygens (including phenoxy) is 1. The van der Waals surface area contributed by atoms with Crippen LogP contribution in [-0.4, -0.2) is 92.1 Å². The largest absolute Gasteiger partial charge is 0.449 e. The summed E-state index contributed by atoms with van der Waals surface area (Å²) in [7, 11) is 0. The van der Waals surface area contributed by atoms with Crippen LogP contribution in [0.5, 0.6) is 0 Å². The van der Waals surface area contributed by atoms with Gasteiger partial charge in [0.15, 0.2) is 0 Å². The number of halogens is 2. The Morgan fingerprint density at radius 1 is 0.610 bits per heavy atom. The second-order valence-corrected chi connectivity index (χ2v) is 21.5. The van der Waals surface area contributed by atoms with E-state index in [9.17, 15) is 33.6 Å². The van der Waals surface area contributed by atoms with Gasteiger partial charge in [0.1, 0.15) is 39.8 Å². The van der Waals surface area contributed by atoms with E-state index in [1.807, 2.05) is 9.80 Å². The molecule has 2 saturated heterocycles. The molecule has 404 valence electrons. The molecule has 77 heavy (non-hydrogen) atoms. The first-order valence-corrected chi connectivity index (χ1v) is 26.6. The van der Waals surface area contributed by atoms with Gasteiger partial charge in [0, 0.05) is 67.9 Å². The van der Waals surface area contributed by atoms with Crippen LogP contribution in [0.15, 0.2) is 81.9 Å². The number of carbonyl (C=O) groups is 7. The van der Waals surface area contributed by atoms with Crippen LogP contribution in [0.2, 0.25) is 10.0 Å². The molecule has 6 heterocycles. The molecule has 2 aliphatic carbocycles. The van der Waals surface area contributed by atoms with Crippen molar-refractivity contribution in [2.75, 3.05) is 45.4 Å². The quantitative estimate of drug-likeness (QED) is 0.0660. The number of furan rings is 2. The lowest BCUT2D eigenvalue weighted by atomic mass is 9.84. The predicted octanol–water partition coefficient (Wildman–Crippen LogP) is 10.6. The van der Waals surface area contributed by atoms with Crippen molar-refractivity contribution in [2.45, 2.75) is 116 Å². The van der Waals surface area contributed by atoms with Gasteiger partial charge in [-0.25, -0.2) is 14.8 Å². The van der Waals surface area contributed by atoms with Gasteiger partial charge in [-0.1, -0.05) is 35.3 Å². The molecule has 10 rings (SSSR count). The van der Waals surface area contributed by atoms with Gasteiger partial charge in [-0.2, -0.15) is 0 Å². The molecule has 0 atom stereocenters. The van der Waals surface area contributed by atoms with Crippen molar-refractivity contribution in [1.82, 2.24) is 19.8 Å². The van der Waals surface area contributed by atoms with E-state index in [1.165, 1.54) is 12.4 Å². The van der Waals surface area contributed by atoms with E-state index < -0.39 is 23.5 Å². The van der Waals surface area contributed by atoms with Gasteiger partial charge in [0.05, 0.1) is 26.5 Å². The molecule has 4 aliphatic rings. The summed E-state index contributed by atoms with van der Waals surface area (Å²) in [6.45, 7) is 6.83. The maximum absolute atomic E-state index is 13.6. The van der Waals surface area contributed by atoms with Gasteiger partial charge in [-0.05, 0) is 134 Å². The smallest absolute Gasteiger partial charge is 0.412 e. The summed E-state index contributed by atoms with van der Waals surface area (Å²) in [5.41, 5.74) is 7.20. The summed E-state index contributed by atoms with van der Waals surface area (Å²) in [6.07, 6.45) is 10.7. The highest BCUT2D eigenvalue weighted by molar-refractivity contribution is 6.31. The molecule has 2 saturated carbocycles. The number of pyridine rings is 2. The third-order valence-corrected chi connectivity index (χ3v) is 14.6. The van der Waals surface area contributed by atoms with Crippen molar-refractivity contribution in [3.05, 3.63) is 94.6 Å². The number of hydrogen-bond donors (Lipinski definition) is 6. The number of nitrogens with zero attached hydrogens (tertiary/aromatic N) is 4. The number of carbonyl (C=O) groups excluding carboxylic acids is 7. The number of hydrogen-bond acceptors (Lipinski definition) is 13. The van der Waals surface area contributed by atoms with E-state index in [0.717, 1.165) is 51.6 Å². The zero-order valence-corrected chi connectivity index (χ0v) is 44.4. The number of likely N-dealkylation sites (tertiary alicyclic amines) is 2. The number of aromatic nitrogens is 2. The third kappa shape index (κ3) is 12.8. The van der Waals surface area contributed by atoms with Crippen LogP contribution in [0, 0.1) is 11.8 Å². The fourth-order valence-electron chi connectivity index (χ4n) is 10.5. The molecular formula is C55H60Cl2N10O10. The normalized spacial score (nSPS) is 19.6. The lowest BCUT2D eigenvalue weighted by Gasteiger charge is -2.34. The van der Waals surface area contributed by atoms with E-state index >= 15 is 0 Å². The molecular weight excluding hydrogens is 1030 g/mol. The van der Waals surface area contributed by atoms with E-state index in [-0.39, 0.29) is 81.8 Å². The lowest BCUT2D eigenvalue weighted by molar-refractivity contribution is -0.131. The van der Waals surface area contributed by atoms with Gasteiger partial charge < -0.3 is 50.4 Å². The number of rotatable bonds is 11. The number of nitrogen functional groups attached to an aromatic ring is 1. The standard InChI is InChI=1S/C30H34ClN5O6.C25H26ClN5O4/c1-30(2,3)42-29(40)33-20-6-4-7-21-24(20)25(26(41-21)28(39)34-22-14-11-18(31)16-32-22)35-27(38)17-9-12-19(13-10-17)36-15-5-8-23(36)37;26-15-8-11-19(28-13-15)29-25(34)23-22(21-17(27)3-1-4-18(21)35-23)30-24(33)14-6-9-16(10-7-14)31-12-2-5-20(31)32/h4,6-7,11,14,16-17,19H,5,8-10,12-13,15H2,1-3H3,(H,33,40)(H,35,38)(H,32,34,39);1,3-4,8,11,13-14,16H,2,5-7,9-10,12,27H2,(H,30,33)(H,28,29,34). The summed E-state index contributed by atoms with van der Waals surface area (Å²) in [4.78, 5) is 102. The van der Waals surface area contributed by atoms with Crippen molar-refractivity contribution >= 4 is 121 Å². The minimum atomic E-state index is -0.736. The van der Waals surface area contributed by atoms with E-state index in [0.29, 0.717) is 82.1 Å². The van der Waals surface area contributed by atoms with Crippen LogP contribution in [0.1, 0.15) is 119 Å². The number of amides is 7. The molecule has 0 unspecified atom stereocenters. The molecule has 4 aromatic heterocycles. The third-order valence-electron chi connectivity index (χ3n) is 14.2. The Kier molecular flexibility index (Phi) is 16.3. The summed E-state index contributed by atoms with van der Waals surface area (Å²) < 4.78 is 17.2. The second-order valence-electron chi connectivity index (χ2n) is 20.6. The summed E-state index contributed by atoms with van der Waals surface area (Å²) in [5, 5.41) is 15.6. The van der Waals surface area contributed by atoms with Gasteiger partial charge in [0.25, 0.3) is 11.8 Å². The van der Waals surface area contributed by atoms with Crippen LogP contribution in [0.4, 0.5) is 39.2 Å². The number of benzene rings is 2. The molecule has 2 aliphatic heterocycles. The van der Waals surface area contributed by atoms with Crippen LogP contribution in [-0.2, 0) is 23.9 Å². The van der Waals surface area contributed by atoms with Crippen molar-refractivity contribution in [3.63, 3.8) is 0 Å². The minimum absolute atomic E-state index is 0.0562. The maximum Gasteiger partial charge on any atom is 0.412 e. The Hall–Kier alpha value is -7.71. The Balaban J connectivity index is 0.000000191. The fourth-order valence-corrected chi connectivity index (χ4v) is 10.7. The molecule has 4 fully saturated rings. The summed E-state index contributed by atoms with van der Waals surface area (Å²) in [5.74, 6) is -1.49. The van der Waals surface area contributed by atoms with E-state index in [2.05, 4.69) is 36.6 Å². The van der Waals surface area contributed by atoms with E-state index in [4.69, 9.17) is 42.5 Å². The highest BCUT2D eigenvalue weighted by Crippen LogP contribution is 2.40. The molecule has 2 aromatic carbocycles. The highest BCUT2D eigenvalue weighted by Gasteiger charge is 2.37. The summed E-state index contributed by atoms with van der Waals surface area (Å²) >= 11 is 11.8. The van der Waals surface area contributed by atoms with Gasteiger partial charge in [-0.3, -0.25) is 34.1 Å². The Labute approximate surface area is 453 Å². The molecule has 20 nitrogen and oxygen atoms in total. The maximum atomic E-state index is 13.6. The molecule has 7 amide bonds. The molecule has 7 N–H and O–H groups in total. The first-order chi connectivity index (χ1) is 36.9. The Morgan fingerprint density at radius 2 is 1.06 bits per heavy atom. The average Bonchev–Trinajstić information content (AvgIpc) is 4.21. The molecule has 0 bridgehead atoms. The van der Waals surface area contributed by atoms with Crippen LogP contribution < -0.4 is 32.3 Å². The Morgan fingerprint density at radius 3 is 1.49 bits per heavy atom. The van der Waals surface area contributed by atoms with Crippen LogP contribution >= 0.6 is 23.2 Å². The molecule has 0 radical (unpaired) electrons. The van der Waals surface area contributed by atoms with Crippen molar-refractivity contribution in [2.24, 2.45) is 11.8 Å². The lowest BCUT2D eigenvalue weighted by Crippen LogP contribution is -2.40. The van der Waals surface area contributed by atoms with E-state index in [1.54, 1.807) is 81.4 Å². The number of nitrogens with one attached hydrogen (secondary N) is 5. The van der Waals surface area contributed by atoms with Gasteiger partial charge in [-0.15, -0.1) is 0 Å². The first kappa shape index (κ1) is 54.1. The van der Waals surface area contributed by atoms with Crippen molar-refractivity contribution in [1.29, 1.82) is 0 Å². The molecule has 6 aromatic rings. The number of nitrogens with two attached hydrogens (primary N) is 1. The minimum Gasteiger partial charge on any atom is -0.449 e. The van der Waals surface area contributed by atoms with Gasteiger partial charge >= 0.3 is 6.09 Å². The first-order valence-electron chi connectivity index (χ1n) is 25.8. The van der Waals surface area contributed by atoms with Crippen LogP contribution in [0.3, 0.4) is 0 Å². The highest BCUT2D eigenvalue weighted by atomic mass is 35.5. The fraction of sp³-hybridized carbons (Fsp3) is 0.400. The van der Waals surface area contributed by atoms with Crippen LogP contribution in [0.25, 0.3) is 21.9 Å². The van der Waals surface area contributed by atoms with Gasteiger partial charge in [0.2, 0.25) is 35.1 Å². The monoisotopic (exact) mass is 1090 g/mol. The SMILES string of the molecule is CC(C)(C)OC(=O)Nc1cccc2oc(C(=O)Nc3ccc(Cl)cn3)c(NC(=O)C3CCC(N4CCCC4=O)CC3)c12.Nc1cccc2oc(C(=O)Nc3ccc(Cl)cn3)c(NC(=O)C3CCC(N4CCCC4=O)CC3)c12.